The van der Waals surface area contributed by atoms with Crippen LogP contribution in [-0.4, -0.2) is 10.1 Å². The molecule has 0 radical (unpaired) electrons. The summed E-state index contributed by atoms with van der Waals surface area (Å²) in [5.74, 6) is 1.24. The topological polar surface area (TPSA) is 51.0 Å². The molecule has 1 heterocycles. The minimum atomic E-state index is 0.545. The highest BCUT2D eigenvalue weighted by Crippen LogP contribution is 2.30. The van der Waals surface area contributed by atoms with Gasteiger partial charge >= 0.3 is 0 Å². The van der Waals surface area contributed by atoms with E-state index in [1.54, 1.807) is 6.92 Å². The Labute approximate surface area is 119 Å². The number of nitrogens with one attached hydrogen (secondary N) is 1. The van der Waals surface area contributed by atoms with Crippen molar-refractivity contribution in [1.82, 2.24) is 10.1 Å². The molecule has 1 aromatic heterocycles. The van der Waals surface area contributed by atoms with Crippen molar-refractivity contribution in [3.8, 4) is 0 Å². The molecule has 0 aliphatic carbocycles. The fourth-order valence-electron chi connectivity index (χ4n) is 2.00. The summed E-state index contributed by atoms with van der Waals surface area (Å²) in [4.78, 5) is 4.17. The van der Waals surface area contributed by atoms with E-state index in [-0.39, 0.29) is 0 Å². The van der Waals surface area contributed by atoms with Gasteiger partial charge in [0.1, 0.15) is 0 Å². The van der Waals surface area contributed by atoms with Crippen LogP contribution >= 0.6 is 15.9 Å². The van der Waals surface area contributed by atoms with Gasteiger partial charge in [-0.05, 0) is 17.5 Å². The van der Waals surface area contributed by atoms with Crippen molar-refractivity contribution < 1.29 is 4.52 Å². The lowest BCUT2D eigenvalue weighted by molar-refractivity contribution is 0.388. The molecule has 0 aliphatic heterocycles. The lowest BCUT2D eigenvalue weighted by Gasteiger charge is -2.09. The predicted octanol–water partition coefficient (Wildman–Crippen LogP) is 3.91. The highest BCUT2D eigenvalue weighted by molar-refractivity contribution is 9.10. The summed E-state index contributed by atoms with van der Waals surface area (Å²) in [7, 11) is 0. The Kier molecular flexibility index (Phi) is 3.21. The minimum absolute atomic E-state index is 0.545. The molecule has 0 atom stereocenters. The molecule has 2 aromatic carbocycles. The van der Waals surface area contributed by atoms with Crippen LogP contribution in [0, 0.1) is 6.92 Å². The molecule has 0 amide bonds. The van der Waals surface area contributed by atoms with Crippen molar-refractivity contribution in [2.45, 2.75) is 13.5 Å². The zero-order valence-electron chi connectivity index (χ0n) is 10.4. The van der Waals surface area contributed by atoms with Gasteiger partial charge in [0.05, 0.1) is 6.54 Å². The lowest BCUT2D eigenvalue weighted by Crippen LogP contribution is -2.01. The largest absolute Gasteiger partial charge is 0.377 e. The number of aromatic nitrogens is 2. The van der Waals surface area contributed by atoms with E-state index in [2.05, 4.69) is 43.5 Å². The second-order valence-corrected chi connectivity index (χ2v) is 5.08. The summed E-state index contributed by atoms with van der Waals surface area (Å²) >= 11 is 3.56. The molecular weight excluding hydrogens is 306 g/mol. The second-order valence-electron chi connectivity index (χ2n) is 4.22. The normalized spacial score (nSPS) is 10.8. The van der Waals surface area contributed by atoms with Gasteiger partial charge in [-0.25, -0.2) is 0 Å². The Morgan fingerprint density at radius 3 is 2.68 bits per heavy atom. The fraction of sp³-hybridized carbons (Fsp3) is 0.143. The summed E-state index contributed by atoms with van der Waals surface area (Å²) in [5, 5.41) is 9.55. The number of fused-ring (bicyclic) bond motifs is 1. The maximum Gasteiger partial charge on any atom is 0.223 e. The average molecular weight is 318 g/mol. The van der Waals surface area contributed by atoms with Crippen molar-refractivity contribution in [2.24, 2.45) is 0 Å². The molecule has 1 N–H and O–H groups in total. The maximum absolute atomic E-state index is 4.95. The number of aryl methyl sites for hydroxylation is 1. The van der Waals surface area contributed by atoms with E-state index in [1.807, 2.05) is 24.3 Å². The van der Waals surface area contributed by atoms with Crippen molar-refractivity contribution in [1.29, 1.82) is 0 Å². The van der Waals surface area contributed by atoms with Crippen molar-refractivity contribution in [3.05, 3.63) is 52.6 Å². The van der Waals surface area contributed by atoms with Gasteiger partial charge < -0.3 is 9.84 Å². The van der Waals surface area contributed by atoms with Gasteiger partial charge in [0, 0.05) is 22.5 Å². The van der Waals surface area contributed by atoms with Crippen LogP contribution in [0.1, 0.15) is 11.7 Å². The highest BCUT2D eigenvalue weighted by atomic mass is 79.9. The van der Waals surface area contributed by atoms with Crippen molar-refractivity contribution in [3.63, 3.8) is 0 Å². The summed E-state index contributed by atoms with van der Waals surface area (Å²) in [5.41, 5.74) is 1.06. The molecule has 3 aromatic rings. The van der Waals surface area contributed by atoms with E-state index < -0.39 is 0 Å². The van der Waals surface area contributed by atoms with Gasteiger partial charge in [0.2, 0.25) is 5.89 Å². The summed E-state index contributed by atoms with van der Waals surface area (Å²) < 4.78 is 6.04. The zero-order valence-corrected chi connectivity index (χ0v) is 11.9. The lowest BCUT2D eigenvalue weighted by atomic mass is 10.1. The first-order chi connectivity index (χ1) is 9.24. The molecule has 0 unspecified atom stereocenters. The molecule has 96 valence electrons. The first-order valence-corrected chi connectivity index (χ1v) is 6.73. The molecule has 5 heteroatoms. The Bertz CT molecular complexity index is 724. The van der Waals surface area contributed by atoms with Crippen LogP contribution in [0.4, 0.5) is 5.69 Å². The quantitative estimate of drug-likeness (QED) is 0.795. The predicted molar refractivity (Wildman–Crippen MR) is 78.0 cm³/mol. The van der Waals surface area contributed by atoms with E-state index in [0.717, 1.165) is 15.5 Å². The SMILES string of the molecule is Cc1nc(CNc2ccc(Br)c3ccccc23)no1. The van der Waals surface area contributed by atoms with Crippen LogP contribution in [0.5, 0.6) is 0 Å². The van der Waals surface area contributed by atoms with Gasteiger partial charge in [0.15, 0.2) is 5.82 Å². The minimum Gasteiger partial charge on any atom is -0.377 e. The van der Waals surface area contributed by atoms with Gasteiger partial charge in [0.25, 0.3) is 0 Å². The third-order valence-electron chi connectivity index (χ3n) is 2.88. The van der Waals surface area contributed by atoms with E-state index in [9.17, 15) is 0 Å². The average Bonchev–Trinajstić information content (AvgIpc) is 2.84. The van der Waals surface area contributed by atoms with Crippen LogP contribution in [0.3, 0.4) is 0 Å². The Balaban J connectivity index is 1.91. The standard InChI is InChI=1S/C14H12BrN3O/c1-9-17-14(18-19-9)8-16-13-7-6-12(15)10-4-2-3-5-11(10)13/h2-7,16H,8H2,1H3. The third kappa shape index (κ3) is 2.46. The molecule has 4 nitrogen and oxygen atoms in total. The van der Waals surface area contributed by atoms with Crippen LogP contribution in [0.25, 0.3) is 10.8 Å². The zero-order chi connectivity index (χ0) is 13.2. The highest BCUT2D eigenvalue weighted by Gasteiger charge is 2.06. The maximum atomic E-state index is 4.95. The van der Waals surface area contributed by atoms with E-state index >= 15 is 0 Å². The number of benzene rings is 2. The molecule has 0 fully saturated rings. The van der Waals surface area contributed by atoms with Crippen molar-refractivity contribution in [2.75, 3.05) is 5.32 Å². The second kappa shape index (κ2) is 5.01. The van der Waals surface area contributed by atoms with Gasteiger partial charge in [-0.2, -0.15) is 4.98 Å². The number of rotatable bonds is 3. The third-order valence-corrected chi connectivity index (χ3v) is 3.57. The molecule has 0 aliphatic rings. The van der Waals surface area contributed by atoms with Crippen LogP contribution < -0.4 is 5.32 Å². The number of halogens is 1. The van der Waals surface area contributed by atoms with Crippen LogP contribution in [-0.2, 0) is 6.54 Å². The van der Waals surface area contributed by atoms with Gasteiger partial charge in [-0.15, -0.1) is 0 Å². The van der Waals surface area contributed by atoms with Gasteiger partial charge in [-0.1, -0.05) is 45.4 Å². The van der Waals surface area contributed by atoms with Crippen molar-refractivity contribution >= 4 is 32.4 Å². The molecule has 0 bridgehead atoms. The van der Waals surface area contributed by atoms with E-state index in [1.165, 1.54) is 5.39 Å². The summed E-state index contributed by atoms with van der Waals surface area (Å²) in [6, 6.07) is 12.3. The monoisotopic (exact) mass is 317 g/mol. The molecular formula is C14H12BrN3O. The molecule has 0 saturated heterocycles. The van der Waals surface area contributed by atoms with E-state index in [4.69, 9.17) is 4.52 Å². The number of hydrogen-bond donors (Lipinski definition) is 1. The Morgan fingerprint density at radius 1 is 1.16 bits per heavy atom. The summed E-state index contributed by atoms with van der Waals surface area (Å²) in [6.07, 6.45) is 0. The van der Waals surface area contributed by atoms with Crippen LogP contribution in [0.2, 0.25) is 0 Å². The first-order valence-electron chi connectivity index (χ1n) is 5.94. The number of hydrogen-bond acceptors (Lipinski definition) is 4. The van der Waals surface area contributed by atoms with E-state index in [0.29, 0.717) is 18.3 Å². The molecule has 0 spiro atoms. The molecule has 19 heavy (non-hydrogen) atoms. The Hall–Kier alpha value is -1.88. The summed E-state index contributed by atoms with van der Waals surface area (Å²) in [6.45, 7) is 2.33. The van der Waals surface area contributed by atoms with Gasteiger partial charge in [-0.3, -0.25) is 0 Å². The molecule has 3 rings (SSSR count). The van der Waals surface area contributed by atoms with Crippen LogP contribution in [0.15, 0.2) is 45.4 Å². The Morgan fingerprint density at radius 2 is 1.95 bits per heavy atom. The number of anilines is 1. The number of nitrogens with zero attached hydrogens (tertiary/aromatic N) is 2. The fourth-order valence-corrected chi connectivity index (χ4v) is 2.48. The molecule has 0 saturated carbocycles. The smallest absolute Gasteiger partial charge is 0.223 e. The first kappa shape index (κ1) is 12.2.